The van der Waals surface area contributed by atoms with Gasteiger partial charge in [-0.3, -0.25) is 4.79 Å². The summed E-state index contributed by atoms with van der Waals surface area (Å²) in [6, 6.07) is 2.06. The minimum absolute atomic E-state index is 0.0367. The van der Waals surface area contributed by atoms with Gasteiger partial charge < -0.3 is 9.16 Å². The number of nitriles is 1. The lowest BCUT2D eigenvalue weighted by Crippen LogP contribution is -2.42. The normalized spacial score (nSPS) is 15.9. The quantitative estimate of drug-likeness (QED) is 0.574. The molecule has 5 heteroatoms. The second-order valence-corrected chi connectivity index (χ2v) is 10.7. The molecule has 0 spiro atoms. The van der Waals surface area contributed by atoms with Crippen molar-refractivity contribution >= 4 is 14.3 Å². The fraction of sp³-hybridized carbons (Fsp3) is 0.833. The fourth-order valence-electron chi connectivity index (χ4n) is 1.43. The third-order valence-electron chi connectivity index (χ3n) is 1.67. The first kappa shape index (κ1) is 16.1. The van der Waals surface area contributed by atoms with Crippen LogP contribution in [0.15, 0.2) is 0 Å². The zero-order valence-corrected chi connectivity index (χ0v) is 12.9. The van der Waals surface area contributed by atoms with Gasteiger partial charge in [-0.05, 0) is 47.3 Å². The Morgan fingerprint density at radius 1 is 1.24 bits per heavy atom. The zero-order valence-electron chi connectivity index (χ0n) is 11.9. The molecule has 0 aromatic heterocycles. The Morgan fingerprint density at radius 2 is 1.71 bits per heavy atom. The van der Waals surface area contributed by atoms with E-state index in [4.69, 9.17) is 14.4 Å². The topological polar surface area (TPSA) is 59.3 Å². The lowest BCUT2D eigenvalue weighted by molar-refractivity contribution is -0.157. The van der Waals surface area contributed by atoms with E-state index in [2.05, 4.69) is 6.07 Å². The van der Waals surface area contributed by atoms with E-state index in [1.165, 1.54) is 0 Å². The molecule has 1 unspecified atom stereocenters. The van der Waals surface area contributed by atoms with Crippen molar-refractivity contribution in [2.24, 2.45) is 0 Å². The van der Waals surface area contributed by atoms with Crippen LogP contribution in [0.4, 0.5) is 0 Å². The van der Waals surface area contributed by atoms with Crippen molar-refractivity contribution in [1.29, 1.82) is 5.26 Å². The molecule has 98 valence electrons. The molecule has 0 aliphatic carbocycles. The van der Waals surface area contributed by atoms with Crippen molar-refractivity contribution in [1.82, 2.24) is 0 Å². The minimum Gasteiger partial charge on any atom is -0.460 e. The number of hydrogen-bond acceptors (Lipinski definition) is 4. The molecule has 0 heterocycles. The monoisotopic (exact) mass is 257 g/mol. The highest BCUT2D eigenvalue weighted by Gasteiger charge is 2.35. The Bertz CT molecular complexity index is 322. The molecule has 0 saturated heterocycles. The molecular formula is C12H23NO3Si. The maximum Gasteiger partial charge on any atom is 0.310 e. The Hall–Kier alpha value is -0.863. The van der Waals surface area contributed by atoms with Crippen LogP contribution >= 0.6 is 0 Å². The third-order valence-corrected chi connectivity index (χ3v) is 2.73. The summed E-state index contributed by atoms with van der Waals surface area (Å²) in [7, 11) is -1.87. The molecular weight excluding hydrogens is 234 g/mol. The average molecular weight is 257 g/mol. The summed E-state index contributed by atoms with van der Waals surface area (Å²) < 4.78 is 10.9. The van der Waals surface area contributed by atoms with Crippen LogP contribution in [0.2, 0.25) is 19.6 Å². The van der Waals surface area contributed by atoms with E-state index in [9.17, 15) is 4.79 Å². The minimum atomic E-state index is -1.87. The third kappa shape index (κ3) is 7.94. The van der Waals surface area contributed by atoms with Crippen molar-refractivity contribution < 1.29 is 14.0 Å². The lowest BCUT2D eigenvalue weighted by atomic mass is 10.1. The van der Waals surface area contributed by atoms with Crippen LogP contribution in [0.25, 0.3) is 0 Å². The van der Waals surface area contributed by atoms with Crippen molar-refractivity contribution in [2.75, 3.05) is 0 Å². The number of rotatable bonds is 4. The van der Waals surface area contributed by atoms with Gasteiger partial charge >= 0.3 is 5.97 Å². The predicted molar refractivity (Wildman–Crippen MR) is 68.9 cm³/mol. The van der Waals surface area contributed by atoms with Crippen molar-refractivity contribution in [3.8, 4) is 6.07 Å². The van der Waals surface area contributed by atoms with E-state index in [1.807, 2.05) is 19.6 Å². The summed E-state index contributed by atoms with van der Waals surface area (Å²) in [5.74, 6) is -0.403. The lowest BCUT2D eigenvalue weighted by Gasteiger charge is -2.30. The Balaban J connectivity index is 4.61. The van der Waals surface area contributed by atoms with Gasteiger partial charge in [-0.25, -0.2) is 0 Å². The molecule has 0 aliphatic rings. The second-order valence-electron chi connectivity index (χ2n) is 6.32. The highest BCUT2D eigenvalue weighted by Crippen LogP contribution is 2.22. The van der Waals surface area contributed by atoms with Crippen LogP contribution in [-0.2, 0) is 14.0 Å². The summed E-state index contributed by atoms with van der Waals surface area (Å²) >= 11 is 0. The standard InChI is InChI=1S/C12H23NO3Si/c1-11(2,3)15-10(14)8-12(4,9-13)16-17(5,6)7/h8H2,1-7H3. The number of esters is 1. The fourth-order valence-corrected chi connectivity index (χ4v) is 2.90. The summed E-state index contributed by atoms with van der Waals surface area (Å²) in [6.07, 6.45) is -0.0367. The molecule has 0 aromatic carbocycles. The van der Waals surface area contributed by atoms with Crippen LogP contribution < -0.4 is 0 Å². The molecule has 0 rings (SSSR count). The first-order valence-electron chi connectivity index (χ1n) is 5.70. The maximum absolute atomic E-state index is 11.7. The SMILES string of the molecule is CC(C)(C)OC(=O)CC(C)(C#N)O[Si](C)(C)C. The largest absolute Gasteiger partial charge is 0.460 e. The smallest absolute Gasteiger partial charge is 0.310 e. The van der Waals surface area contributed by atoms with Gasteiger partial charge in [-0.1, -0.05) is 0 Å². The highest BCUT2D eigenvalue weighted by atomic mass is 28.4. The molecule has 4 nitrogen and oxygen atoms in total. The van der Waals surface area contributed by atoms with Crippen LogP contribution in [0.5, 0.6) is 0 Å². The van der Waals surface area contributed by atoms with Crippen LogP contribution in [-0.4, -0.2) is 25.5 Å². The van der Waals surface area contributed by atoms with Gasteiger partial charge in [-0.15, -0.1) is 0 Å². The van der Waals surface area contributed by atoms with Gasteiger partial charge in [0.2, 0.25) is 0 Å². The molecule has 0 aliphatic heterocycles. The maximum atomic E-state index is 11.7. The van der Waals surface area contributed by atoms with Crippen LogP contribution in [0.3, 0.4) is 0 Å². The number of carbonyl (C=O) groups is 1. The number of hydrogen-bond donors (Lipinski definition) is 0. The summed E-state index contributed by atoms with van der Waals surface area (Å²) in [5.41, 5.74) is -1.63. The Kier molecular flexibility index (Phi) is 4.93. The van der Waals surface area contributed by atoms with E-state index in [0.717, 1.165) is 0 Å². The van der Waals surface area contributed by atoms with Crippen molar-refractivity contribution in [3.63, 3.8) is 0 Å². The van der Waals surface area contributed by atoms with Crippen LogP contribution in [0, 0.1) is 11.3 Å². The summed E-state index contributed by atoms with van der Waals surface area (Å²) in [5, 5.41) is 9.14. The van der Waals surface area contributed by atoms with E-state index in [0.29, 0.717) is 0 Å². The van der Waals surface area contributed by atoms with E-state index in [1.54, 1.807) is 27.7 Å². The van der Waals surface area contributed by atoms with E-state index >= 15 is 0 Å². The molecule has 0 saturated carbocycles. The summed E-state index contributed by atoms with van der Waals surface area (Å²) in [6.45, 7) is 13.0. The molecule has 0 bridgehead atoms. The number of nitrogens with zero attached hydrogens (tertiary/aromatic N) is 1. The van der Waals surface area contributed by atoms with E-state index in [-0.39, 0.29) is 6.42 Å². The molecule has 1 atom stereocenters. The molecule has 0 N–H and O–H groups in total. The molecule has 0 radical (unpaired) electrons. The van der Waals surface area contributed by atoms with Gasteiger partial charge in [-0.2, -0.15) is 5.26 Å². The summed E-state index contributed by atoms with van der Waals surface area (Å²) in [4.78, 5) is 11.7. The number of ether oxygens (including phenoxy) is 1. The van der Waals surface area contributed by atoms with Gasteiger partial charge in [0.05, 0.1) is 12.5 Å². The van der Waals surface area contributed by atoms with Gasteiger partial charge in [0.15, 0.2) is 13.9 Å². The zero-order chi connectivity index (χ0) is 13.9. The molecule has 0 aromatic rings. The predicted octanol–water partition coefficient (Wildman–Crippen LogP) is 2.85. The second kappa shape index (κ2) is 5.19. The first-order chi connectivity index (χ1) is 7.37. The Labute approximate surface area is 105 Å². The average Bonchev–Trinajstić information content (AvgIpc) is 1.95. The molecule has 0 amide bonds. The van der Waals surface area contributed by atoms with Gasteiger partial charge in [0.1, 0.15) is 5.60 Å². The van der Waals surface area contributed by atoms with Gasteiger partial charge in [0, 0.05) is 0 Å². The van der Waals surface area contributed by atoms with Crippen molar-refractivity contribution in [3.05, 3.63) is 0 Å². The highest BCUT2D eigenvalue weighted by molar-refractivity contribution is 6.69. The van der Waals surface area contributed by atoms with E-state index < -0.39 is 25.5 Å². The first-order valence-corrected chi connectivity index (χ1v) is 9.11. The van der Waals surface area contributed by atoms with Crippen LogP contribution in [0.1, 0.15) is 34.1 Å². The Morgan fingerprint density at radius 3 is 2.00 bits per heavy atom. The molecule has 0 fully saturated rings. The number of carbonyl (C=O) groups excluding carboxylic acids is 1. The van der Waals surface area contributed by atoms with Crippen molar-refractivity contribution in [2.45, 2.75) is 65.0 Å². The molecule has 17 heavy (non-hydrogen) atoms. The van der Waals surface area contributed by atoms with Gasteiger partial charge in [0.25, 0.3) is 0 Å².